The van der Waals surface area contributed by atoms with Crippen LogP contribution < -0.4 is 5.48 Å². The van der Waals surface area contributed by atoms with Gasteiger partial charge in [-0.3, -0.25) is 9.63 Å². The molecule has 0 bridgehead atoms. The molecule has 0 fully saturated rings. The number of hydrogen-bond donors (Lipinski definition) is 1. The first-order chi connectivity index (χ1) is 8.97. The SMILES string of the molecule is O=C(NOCC(F)(F)F)c1cccc2ccccc12. The van der Waals surface area contributed by atoms with E-state index in [9.17, 15) is 18.0 Å². The van der Waals surface area contributed by atoms with E-state index in [-0.39, 0.29) is 5.56 Å². The Morgan fingerprint density at radius 3 is 2.53 bits per heavy atom. The Morgan fingerprint density at radius 2 is 1.79 bits per heavy atom. The van der Waals surface area contributed by atoms with Crippen molar-refractivity contribution >= 4 is 16.7 Å². The number of carbonyl (C=O) groups excluding carboxylic acids is 1. The van der Waals surface area contributed by atoms with Crippen molar-refractivity contribution in [2.45, 2.75) is 6.18 Å². The summed E-state index contributed by atoms with van der Waals surface area (Å²) >= 11 is 0. The van der Waals surface area contributed by atoms with Crippen molar-refractivity contribution in [3.05, 3.63) is 48.0 Å². The van der Waals surface area contributed by atoms with Crippen LogP contribution in [0.1, 0.15) is 10.4 Å². The summed E-state index contributed by atoms with van der Waals surface area (Å²) in [6.45, 7) is -1.52. The van der Waals surface area contributed by atoms with Gasteiger partial charge in [-0.1, -0.05) is 36.4 Å². The summed E-state index contributed by atoms with van der Waals surface area (Å²) in [5, 5.41) is 1.48. The lowest BCUT2D eigenvalue weighted by Gasteiger charge is -2.09. The van der Waals surface area contributed by atoms with E-state index in [0.29, 0.717) is 5.39 Å². The molecule has 100 valence electrons. The van der Waals surface area contributed by atoms with Gasteiger partial charge < -0.3 is 0 Å². The van der Waals surface area contributed by atoms with Gasteiger partial charge in [0, 0.05) is 5.56 Å². The zero-order valence-electron chi connectivity index (χ0n) is 9.70. The molecule has 0 unspecified atom stereocenters. The van der Waals surface area contributed by atoms with E-state index in [2.05, 4.69) is 4.84 Å². The fourth-order valence-corrected chi connectivity index (χ4v) is 1.66. The molecule has 0 aliphatic heterocycles. The van der Waals surface area contributed by atoms with E-state index in [1.165, 1.54) is 6.07 Å². The Balaban J connectivity index is 2.14. The Morgan fingerprint density at radius 1 is 1.11 bits per heavy atom. The minimum atomic E-state index is -4.48. The van der Waals surface area contributed by atoms with Gasteiger partial charge in [-0.15, -0.1) is 0 Å². The maximum atomic E-state index is 11.9. The van der Waals surface area contributed by atoms with E-state index < -0.39 is 18.7 Å². The lowest BCUT2D eigenvalue weighted by atomic mass is 10.0. The van der Waals surface area contributed by atoms with Crippen LogP contribution in [-0.4, -0.2) is 18.7 Å². The molecule has 0 saturated heterocycles. The molecule has 0 aliphatic carbocycles. The topological polar surface area (TPSA) is 38.3 Å². The first-order valence-electron chi connectivity index (χ1n) is 5.44. The second kappa shape index (κ2) is 5.27. The largest absolute Gasteiger partial charge is 0.414 e. The molecule has 0 aromatic heterocycles. The summed E-state index contributed by atoms with van der Waals surface area (Å²) in [4.78, 5) is 15.9. The molecule has 0 spiro atoms. The quantitative estimate of drug-likeness (QED) is 0.870. The number of benzene rings is 2. The van der Waals surface area contributed by atoms with Gasteiger partial charge in [0.25, 0.3) is 5.91 Å². The number of fused-ring (bicyclic) bond motifs is 1. The molecular weight excluding hydrogens is 259 g/mol. The van der Waals surface area contributed by atoms with Gasteiger partial charge in [-0.2, -0.15) is 13.2 Å². The number of alkyl halides is 3. The summed E-state index contributed by atoms with van der Waals surface area (Å²) in [6, 6.07) is 12.1. The first kappa shape index (κ1) is 13.4. The summed E-state index contributed by atoms with van der Waals surface area (Å²) in [5.41, 5.74) is 2.05. The van der Waals surface area contributed by atoms with Crippen molar-refractivity contribution in [1.82, 2.24) is 5.48 Å². The third-order valence-electron chi connectivity index (χ3n) is 2.43. The fourth-order valence-electron chi connectivity index (χ4n) is 1.66. The standard InChI is InChI=1S/C13H10F3NO2/c14-13(15,16)8-19-17-12(18)11-7-3-5-9-4-1-2-6-10(9)11/h1-7H,8H2,(H,17,18). The Hall–Kier alpha value is -2.08. The number of nitrogens with one attached hydrogen (secondary N) is 1. The lowest BCUT2D eigenvalue weighted by Crippen LogP contribution is -2.29. The molecule has 0 radical (unpaired) electrons. The zero-order valence-corrected chi connectivity index (χ0v) is 9.70. The summed E-state index contributed by atoms with van der Waals surface area (Å²) in [6.07, 6.45) is -4.48. The van der Waals surface area contributed by atoms with Gasteiger partial charge in [-0.05, 0) is 16.8 Å². The predicted octanol–water partition coefficient (Wildman–Crippen LogP) is 3.06. The molecule has 3 nitrogen and oxygen atoms in total. The predicted molar refractivity (Wildman–Crippen MR) is 63.4 cm³/mol. The van der Waals surface area contributed by atoms with Crippen LogP contribution in [0, 0.1) is 0 Å². The minimum Gasteiger partial charge on any atom is -0.267 e. The molecule has 0 atom stereocenters. The number of carbonyl (C=O) groups is 1. The summed E-state index contributed by atoms with van der Waals surface area (Å²) < 4.78 is 35.7. The number of hydroxylamine groups is 1. The molecule has 6 heteroatoms. The van der Waals surface area contributed by atoms with Crippen LogP contribution in [-0.2, 0) is 4.84 Å². The van der Waals surface area contributed by atoms with Crippen molar-refractivity contribution < 1.29 is 22.8 Å². The molecule has 1 N–H and O–H groups in total. The smallest absolute Gasteiger partial charge is 0.267 e. The molecule has 0 saturated carbocycles. The third-order valence-corrected chi connectivity index (χ3v) is 2.43. The van der Waals surface area contributed by atoms with E-state index in [1.807, 2.05) is 18.2 Å². The molecule has 0 aliphatic rings. The average Bonchev–Trinajstić information content (AvgIpc) is 2.36. The van der Waals surface area contributed by atoms with E-state index >= 15 is 0 Å². The molecule has 0 heterocycles. The highest BCUT2D eigenvalue weighted by atomic mass is 19.4. The normalized spacial score (nSPS) is 11.5. The van der Waals surface area contributed by atoms with Gasteiger partial charge in [0.1, 0.15) is 0 Å². The van der Waals surface area contributed by atoms with Crippen LogP contribution in [0.4, 0.5) is 13.2 Å². The molecular formula is C13H10F3NO2. The number of hydrogen-bond acceptors (Lipinski definition) is 2. The Kier molecular flexibility index (Phi) is 3.71. The van der Waals surface area contributed by atoms with Gasteiger partial charge in [-0.25, -0.2) is 5.48 Å². The zero-order chi connectivity index (χ0) is 13.9. The highest BCUT2D eigenvalue weighted by Crippen LogP contribution is 2.18. The molecule has 19 heavy (non-hydrogen) atoms. The second-order valence-electron chi connectivity index (χ2n) is 3.86. The average molecular weight is 269 g/mol. The van der Waals surface area contributed by atoms with Gasteiger partial charge in [0.05, 0.1) is 0 Å². The minimum absolute atomic E-state index is 0.264. The van der Waals surface area contributed by atoms with Crippen LogP contribution in [0.25, 0.3) is 10.8 Å². The van der Waals surface area contributed by atoms with Crippen molar-refractivity contribution in [1.29, 1.82) is 0 Å². The van der Waals surface area contributed by atoms with Crippen LogP contribution >= 0.6 is 0 Å². The van der Waals surface area contributed by atoms with Crippen molar-refractivity contribution in [3.63, 3.8) is 0 Å². The second-order valence-corrected chi connectivity index (χ2v) is 3.86. The van der Waals surface area contributed by atoms with E-state index in [4.69, 9.17) is 0 Å². The van der Waals surface area contributed by atoms with E-state index in [1.54, 1.807) is 23.7 Å². The monoisotopic (exact) mass is 269 g/mol. The molecule has 2 aromatic rings. The lowest BCUT2D eigenvalue weighted by molar-refractivity contribution is -0.184. The Bertz CT molecular complexity index is 590. The van der Waals surface area contributed by atoms with Gasteiger partial charge >= 0.3 is 6.18 Å². The summed E-state index contributed by atoms with van der Waals surface area (Å²) in [5.74, 6) is -0.707. The van der Waals surface area contributed by atoms with Crippen LogP contribution in [0.5, 0.6) is 0 Å². The highest BCUT2D eigenvalue weighted by Gasteiger charge is 2.28. The van der Waals surface area contributed by atoms with Gasteiger partial charge in [0.2, 0.25) is 0 Å². The first-order valence-corrected chi connectivity index (χ1v) is 5.44. The molecule has 2 rings (SSSR count). The number of halogens is 3. The summed E-state index contributed by atoms with van der Waals surface area (Å²) in [7, 11) is 0. The van der Waals surface area contributed by atoms with Crippen molar-refractivity contribution in [3.8, 4) is 0 Å². The number of amides is 1. The maximum Gasteiger partial charge on any atom is 0.414 e. The molecule has 2 aromatic carbocycles. The van der Waals surface area contributed by atoms with Crippen molar-refractivity contribution in [2.75, 3.05) is 6.61 Å². The highest BCUT2D eigenvalue weighted by molar-refractivity contribution is 6.06. The van der Waals surface area contributed by atoms with E-state index in [0.717, 1.165) is 5.39 Å². The van der Waals surface area contributed by atoms with Crippen LogP contribution in [0.15, 0.2) is 42.5 Å². The maximum absolute atomic E-state index is 11.9. The third kappa shape index (κ3) is 3.45. The van der Waals surface area contributed by atoms with Gasteiger partial charge in [0.15, 0.2) is 6.61 Å². The van der Waals surface area contributed by atoms with Crippen molar-refractivity contribution in [2.24, 2.45) is 0 Å². The van der Waals surface area contributed by atoms with Crippen LogP contribution in [0.2, 0.25) is 0 Å². The fraction of sp³-hybridized carbons (Fsp3) is 0.154. The molecule has 1 amide bonds. The Labute approximate surface area is 106 Å². The number of rotatable bonds is 3. The van der Waals surface area contributed by atoms with Crippen LogP contribution in [0.3, 0.4) is 0 Å².